The van der Waals surface area contributed by atoms with Gasteiger partial charge >= 0.3 is 0 Å². The van der Waals surface area contributed by atoms with Gasteiger partial charge in [0.05, 0.1) is 5.56 Å². The fourth-order valence-electron chi connectivity index (χ4n) is 2.19. The van der Waals surface area contributed by atoms with E-state index in [1.165, 1.54) is 6.07 Å². The van der Waals surface area contributed by atoms with E-state index in [2.05, 4.69) is 0 Å². The van der Waals surface area contributed by atoms with Crippen molar-refractivity contribution in [2.75, 3.05) is 5.73 Å². The molecule has 0 fully saturated rings. The fourth-order valence-corrected chi connectivity index (χ4v) is 2.19. The van der Waals surface area contributed by atoms with Gasteiger partial charge in [0.25, 0.3) is 5.91 Å². The van der Waals surface area contributed by atoms with E-state index >= 15 is 0 Å². The Kier molecular flexibility index (Phi) is 4.48. The van der Waals surface area contributed by atoms with Crippen molar-refractivity contribution in [3.63, 3.8) is 0 Å². The highest BCUT2D eigenvalue weighted by Crippen LogP contribution is 2.21. The van der Waals surface area contributed by atoms with Crippen LogP contribution in [-0.4, -0.2) is 22.0 Å². The molecule has 110 valence electrons. The minimum absolute atomic E-state index is 0.000672. The molecule has 0 saturated carbocycles. The molecule has 0 unspecified atom stereocenters. The summed E-state index contributed by atoms with van der Waals surface area (Å²) >= 11 is 0. The van der Waals surface area contributed by atoms with Crippen LogP contribution in [0.5, 0.6) is 5.75 Å². The number of phenolic OH excluding ortho intramolecular Hbond substituents is 1. The monoisotopic (exact) mass is 284 g/mol. The molecule has 0 heterocycles. The van der Waals surface area contributed by atoms with Crippen LogP contribution in [0, 0.1) is 0 Å². The molecule has 2 aromatic carbocycles. The number of carbonyl (C=O) groups excluding carboxylic acids is 1. The van der Waals surface area contributed by atoms with Crippen molar-refractivity contribution in [2.45, 2.75) is 26.4 Å². The summed E-state index contributed by atoms with van der Waals surface area (Å²) in [6.45, 7) is 4.35. The van der Waals surface area contributed by atoms with E-state index in [0.29, 0.717) is 17.8 Å². The second-order valence-corrected chi connectivity index (χ2v) is 5.29. The quantitative estimate of drug-likeness (QED) is 0.848. The molecule has 0 aliphatic rings. The van der Waals surface area contributed by atoms with Gasteiger partial charge in [-0.15, -0.1) is 0 Å². The Morgan fingerprint density at radius 3 is 2.52 bits per heavy atom. The first-order valence-electron chi connectivity index (χ1n) is 6.92. The lowest BCUT2D eigenvalue weighted by Gasteiger charge is -2.27. The van der Waals surface area contributed by atoms with E-state index < -0.39 is 0 Å². The van der Waals surface area contributed by atoms with Crippen molar-refractivity contribution < 1.29 is 9.90 Å². The van der Waals surface area contributed by atoms with Crippen LogP contribution in [0.1, 0.15) is 29.8 Å². The number of benzene rings is 2. The number of anilines is 1. The van der Waals surface area contributed by atoms with E-state index in [9.17, 15) is 9.90 Å². The predicted molar refractivity (Wildman–Crippen MR) is 84.0 cm³/mol. The SMILES string of the molecule is CC(C)N(Cc1cccc(N)c1)C(=O)c1ccccc1O. The van der Waals surface area contributed by atoms with Gasteiger partial charge in [-0.05, 0) is 43.7 Å². The van der Waals surface area contributed by atoms with E-state index in [-0.39, 0.29) is 17.7 Å². The fraction of sp³-hybridized carbons (Fsp3) is 0.235. The smallest absolute Gasteiger partial charge is 0.258 e. The number of amides is 1. The van der Waals surface area contributed by atoms with Crippen molar-refractivity contribution in [1.29, 1.82) is 0 Å². The van der Waals surface area contributed by atoms with Crippen molar-refractivity contribution >= 4 is 11.6 Å². The average molecular weight is 284 g/mol. The summed E-state index contributed by atoms with van der Waals surface area (Å²) in [4.78, 5) is 14.3. The third kappa shape index (κ3) is 3.54. The molecular formula is C17H20N2O2. The van der Waals surface area contributed by atoms with Crippen LogP contribution in [-0.2, 0) is 6.54 Å². The number of nitrogen functional groups attached to an aromatic ring is 1. The standard InChI is InChI=1S/C17H20N2O2/c1-12(2)19(11-13-6-5-7-14(18)10-13)17(21)15-8-3-4-9-16(15)20/h3-10,12,20H,11,18H2,1-2H3. The molecule has 2 rings (SSSR count). The highest BCUT2D eigenvalue weighted by molar-refractivity contribution is 5.96. The molecule has 0 spiro atoms. The van der Waals surface area contributed by atoms with Crippen LogP contribution in [0.3, 0.4) is 0 Å². The molecule has 0 bridgehead atoms. The van der Waals surface area contributed by atoms with E-state index in [4.69, 9.17) is 5.73 Å². The highest BCUT2D eigenvalue weighted by atomic mass is 16.3. The summed E-state index contributed by atoms with van der Waals surface area (Å²) in [5.41, 5.74) is 7.73. The normalized spacial score (nSPS) is 10.6. The number of nitrogens with zero attached hydrogens (tertiary/aromatic N) is 1. The second kappa shape index (κ2) is 6.31. The Hall–Kier alpha value is -2.49. The van der Waals surface area contributed by atoms with Gasteiger partial charge in [0.15, 0.2) is 0 Å². The minimum Gasteiger partial charge on any atom is -0.507 e. The van der Waals surface area contributed by atoms with Crippen LogP contribution in [0.25, 0.3) is 0 Å². The minimum atomic E-state index is -0.189. The van der Waals surface area contributed by atoms with Crippen LogP contribution in [0.15, 0.2) is 48.5 Å². The van der Waals surface area contributed by atoms with Crippen molar-refractivity contribution in [3.8, 4) is 5.75 Å². The maximum absolute atomic E-state index is 12.6. The average Bonchev–Trinajstić information content (AvgIpc) is 2.44. The number of nitrogens with two attached hydrogens (primary N) is 1. The maximum Gasteiger partial charge on any atom is 0.258 e. The first kappa shape index (κ1) is 14.9. The summed E-state index contributed by atoms with van der Waals surface area (Å²) < 4.78 is 0. The molecule has 2 aromatic rings. The number of hydrogen-bond donors (Lipinski definition) is 2. The highest BCUT2D eigenvalue weighted by Gasteiger charge is 2.21. The molecule has 0 atom stereocenters. The van der Waals surface area contributed by atoms with E-state index in [0.717, 1.165) is 5.56 Å². The Labute approximate surface area is 124 Å². The first-order valence-corrected chi connectivity index (χ1v) is 6.92. The molecule has 21 heavy (non-hydrogen) atoms. The molecule has 0 aliphatic carbocycles. The van der Waals surface area contributed by atoms with Crippen LogP contribution in [0.2, 0.25) is 0 Å². The molecule has 3 N–H and O–H groups in total. The molecule has 4 nitrogen and oxygen atoms in total. The zero-order chi connectivity index (χ0) is 15.4. The van der Waals surface area contributed by atoms with E-state index in [1.54, 1.807) is 23.1 Å². The molecule has 1 amide bonds. The van der Waals surface area contributed by atoms with Crippen LogP contribution in [0.4, 0.5) is 5.69 Å². The molecule has 0 aromatic heterocycles. The number of aromatic hydroxyl groups is 1. The lowest BCUT2D eigenvalue weighted by molar-refractivity contribution is 0.0687. The van der Waals surface area contributed by atoms with Gasteiger partial charge in [-0.3, -0.25) is 4.79 Å². The van der Waals surface area contributed by atoms with E-state index in [1.807, 2.05) is 38.1 Å². The number of carbonyl (C=O) groups is 1. The van der Waals surface area contributed by atoms with Crippen LogP contribution >= 0.6 is 0 Å². The Balaban J connectivity index is 2.27. The van der Waals surface area contributed by atoms with Crippen molar-refractivity contribution in [1.82, 2.24) is 4.90 Å². The zero-order valence-electron chi connectivity index (χ0n) is 12.3. The Bertz CT molecular complexity index is 638. The lowest BCUT2D eigenvalue weighted by Crippen LogP contribution is -2.36. The molecular weight excluding hydrogens is 264 g/mol. The van der Waals surface area contributed by atoms with Gasteiger partial charge in [0, 0.05) is 18.3 Å². The third-order valence-electron chi connectivity index (χ3n) is 3.32. The summed E-state index contributed by atoms with van der Waals surface area (Å²) in [7, 11) is 0. The predicted octanol–water partition coefficient (Wildman–Crippen LogP) is 3.03. The van der Waals surface area contributed by atoms with Gasteiger partial charge in [0.2, 0.25) is 0 Å². The molecule has 4 heteroatoms. The lowest BCUT2D eigenvalue weighted by atomic mass is 10.1. The summed E-state index contributed by atoms with van der Waals surface area (Å²) in [5, 5.41) is 9.85. The first-order chi connectivity index (χ1) is 9.99. The Morgan fingerprint density at radius 2 is 1.90 bits per heavy atom. The molecule has 0 radical (unpaired) electrons. The van der Waals surface area contributed by atoms with Gasteiger partial charge < -0.3 is 15.7 Å². The van der Waals surface area contributed by atoms with Gasteiger partial charge in [-0.2, -0.15) is 0 Å². The van der Waals surface area contributed by atoms with Crippen LogP contribution < -0.4 is 5.73 Å². The molecule has 0 saturated heterocycles. The Morgan fingerprint density at radius 1 is 1.19 bits per heavy atom. The maximum atomic E-state index is 12.6. The topological polar surface area (TPSA) is 66.6 Å². The largest absolute Gasteiger partial charge is 0.507 e. The van der Waals surface area contributed by atoms with Crippen molar-refractivity contribution in [2.24, 2.45) is 0 Å². The van der Waals surface area contributed by atoms with Crippen molar-refractivity contribution in [3.05, 3.63) is 59.7 Å². The van der Waals surface area contributed by atoms with Gasteiger partial charge in [-0.1, -0.05) is 24.3 Å². The number of phenols is 1. The second-order valence-electron chi connectivity index (χ2n) is 5.29. The zero-order valence-corrected chi connectivity index (χ0v) is 12.3. The number of para-hydroxylation sites is 1. The number of rotatable bonds is 4. The summed E-state index contributed by atoms with van der Waals surface area (Å²) in [6.07, 6.45) is 0. The number of hydrogen-bond acceptors (Lipinski definition) is 3. The molecule has 0 aliphatic heterocycles. The van der Waals surface area contributed by atoms with Gasteiger partial charge in [0.1, 0.15) is 5.75 Å². The third-order valence-corrected chi connectivity index (χ3v) is 3.32. The van der Waals surface area contributed by atoms with Gasteiger partial charge in [-0.25, -0.2) is 0 Å². The summed E-state index contributed by atoms with van der Waals surface area (Å²) in [6, 6.07) is 14.1. The summed E-state index contributed by atoms with van der Waals surface area (Å²) in [5.74, 6) is -0.189.